The molecule has 0 spiro atoms. The van der Waals surface area contributed by atoms with Crippen LogP contribution in [0, 0.1) is 11.8 Å². The van der Waals surface area contributed by atoms with Gasteiger partial charge in [-0.1, -0.05) is 19.6 Å². The van der Waals surface area contributed by atoms with E-state index >= 15 is 0 Å². The molecule has 2 fully saturated rings. The van der Waals surface area contributed by atoms with E-state index in [4.69, 9.17) is 10.5 Å². The Kier molecular flexibility index (Phi) is 4.66. The number of rotatable bonds is 5. The lowest BCUT2D eigenvalue weighted by molar-refractivity contribution is 0.0721. The predicted octanol–water partition coefficient (Wildman–Crippen LogP) is 2.76. The first-order chi connectivity index (χ1) is 9.22. The van der Waals surface area contributed by atoms with E-state index in [-0.39, 0.29) is 13.5 Å². The van der Waals surface area contributed by atoms with Crippen LogP contribution < -0.4 is 10.6 Å². The highest BCUT2D eigenvalue weighted by molar-refractivity contribution is 5.50. The molecule has 1 saturated carbocycles. The van der Waals surface area contributed by atoms with Gasteiger partial charge in [-0.05, 0) is 36.0 Å². The van der Waals surface area contributed by atoms with Gasteiger partial charge in [-0.2, -0.15) is 0 Å². The highest BCUT2D eigenvalue weighted by atomic mass is 19.1. The SMILES string of the molecule is C.COC(c1ccc(N2CC3CC3C2)cc1)C(N)CF. The van der Waals surface area contributed by atoms with Crippen molar-refractivity contribution in [2.75, 3.05) is 31.8 Å². The van der Waals surface area contributed by atoms with Crippen molar-refractivity contribution in [3.8, 4) is 0 Å². The highest BCUT2D eigenvalue weighted by Crippen LogP contribution is 2.46. The molecule has 1 aliphatic heterocycles. The largest absolute Gasteiger partial charge is 0.375 e. The van der Waals surface area contributed by atoms with Gasteiger partial charge < -0.3 is 15.4 Å². The summed E-state index contributed by atoms with van der Waals surface area (Å²) in [6.07, 6.45) is 1.04. The molecule has 0 bridgehead atoms. The van der Waals surface area contributed by atoms with Gasteiger partial charge in [0, 0.05) is 25.9 Å². The van der Waals surface area contributed by atoms with Crippen LogP contribution in [-0.2, 0) is 4.74 Å². The molecule has 20 heavy (non-hydrogen) atoms. The van der Waals surface area contributed by atoms with Crippen molar-refractivity contribution < 1.29 is 9.13 Å². The number of fused-ring (bicyclic) bond motifs is 1. The fourth-order valence-electron chi connectivity index (χ4n) is 3.12. The molecule has 4 heteroatoms. The van der Waals surface area contributed by atoms with Gasteiger partial charge in [0.2, 0.25) is 0 Å². The first kappa shape index (κ1) is 15.3. The van der Waals surface area contributed by atoms with Gasteiger partial charge in [0.25, 0.3) is 0 Å². The Labute approximate surface area is 120 Å². The van der Waals surface area contributed by atoms with Crippen molar-refractivity contribution in [2.45, 2.75) is 26.0 Å². The molecular formula is C16H25FN2O. The molecule has 0 radical (unpaired) electrons. The minimum Gasteiger partial charge on any atom is -0.375 e. The number of piperidine rings is 1. The standard InChI is InChI=1S/C15H21FN2O.CH4/c1-19-15(14(17)7-16)10-2-4-13(5-3-10)18-8-11-6-12(11)9-18;/h2-5,11-12,14-15H,6-9,17H2,1H3;1H4. The maximum Gasteiger partial charge on any atom is 0.107 e. The molecule has 1 saturated heterocycles. The minimum atomic E-state index is -0.602. The summed E-state index contributed by atoms with van der Waals surface area (Å²) in [5, 5.41) is 0. The third-order valence-corrected chi connectivity index (χ3v) is 4.39. The van der Waals surface area contributed by atoms with Gasteiger partial charge in [-0.15, -0.1) is 0 Å². The van der Waals surface area contributed by atoms with Gasteiger partial charge in [-0.3, -0.25) is 0 Å². The van der Waals surface area contributed by atoms with Crippen molar-refractivity contribution in [1.82, 2.24) is 0 Å². The Hall–Kier alpha value is -1.13. The second kappa shape index (κ2) is 6.10. The lowest BCUT2D eigenvalue weighted by atomic mass is 10.0. The summed E-state index contributed by atoms with van der Waals surface area (Å²) in [5.74, 6) is 1.85. The summed E-state index contributed by atoms with van der Waals surface area (Å²) in [7, 11) is 1.57. The number of hydrogen-bond donors (Lipinski definition) is 1. The van der Waals surface area contributed by atoms with Crippen molar-refractivity contribution in [3.63, 3.8) is 0 Å². The fraction of sp³-hybridized carbons (Fsp3) is 0.625. The van der Waals surface area contributed by atoms with E-state index in [2.05, 4.69) is 17.0 Å². The average molecular weight is 280 g/mol. The van der Waals surface area contributed by atoms with Crippen LogP contribution in [0.2, 0.25) is 0 Å². The number of anilines is 1. The summed E-state index contributed by atoms with van der Waals surface area (Å²) in [6, 6.07) is 7.59. The van der Waals surface area contributed by atoms with Crippen LogP contribution in [0.3, 0.4) is 0 Å². The molecule has 1 heterocycles. The van der Waals surface area contributed by atoms with E-state index in [9.17, 15) is 4.39 Å². The Morgan fingerprint density at radius 2 is 1.90 bits per heavy atom. The second-order valence-electron chi connectivity index (χ2n) is 5.73. The second-order valence-corrected chi connectivity index (χ2v) is 5.73. The van der Waals surface area contributed by atoms with Crippen LogP contribution in [0.1, 0.15) is 25.5 Å². The van der Waals surface area contributed by atoms with Crippen molar-refractivity contribution in [3.05, 3.63) is 29.8 Å². The number of nitrogens with two attached hydrogens (primary N) is 1. The van der Waals surface area contributed by atoms with Crippen LogP contribution in [0.25, 0.3) is 0 Å². The number of halogens is 1. The average Bonchev–Trinajstić information content (AvgIpc) is 3.06. The van der Waals surface area contributed by atoms with E-state index in [0.29, 0.717) is 0 Å². The number of nitrogens with zero attached hydrogens (tertiary/aromatic N) is 1. The number of benzene rings is 1. The van der Waals surface area contributed by atoms with E-state index < -0.39 is 12.7 Å². The van der Waals surface area contributed by atoms with Crippen LogP contribution in [0.15, 0.2) is 24.3 Å². The maximum absolute atomic E-state index is 12.7. The van der Waals surface area contributed by atoms with Gasteiger partial charge in [0.05, 0.1) is 12.1 Å². The minimum absolute atomic E-state index is 0. The lowest BCUT2D eigenvalue weighted by Crippen LogP contribution is -2.31. The molecule has 1 aromatic rings. The van der Waals surface area contributed by atoms with Crippen LogP contribution in [-0.4, -0.2) is 32.9 Å². The highest BCUT2D eigenvalue weighted by Gasteiger charge is 2.45. The quantitative estimate of drug-likeness (QED) is 0.901. The van der Waals surface area contributed by atoms with Gasteiger partial charge in [0.1, 0.15) is 6.67 Å². The first-order valence-electron chi connectivity index (χ1n) is 6.92. The van der Waals surface area contributed by atoms with Crippen molar-refractivity contribution >= 4 is 5.69 Å². The molecule has 3 nitrogen and oxygen atoms in total. The molecule has 1 aliphatic carbocycles. The third-order valence-electron chi connectivity index (χ3n) is 4.39. The van der Waals surface area contributed by atoms with E-state index in [1.807, 2.05) is 12.1 Å². The zero-order valence-electron chi connectivity index (χ0n) is 11.3. The molecule has 2 N–H and O–H groups in total. The molecule has 2 aliphatic rings. The summed E-state index contributed by atoms with van der Waals surface area (Å²) < 4.78 is 18.0. The Morgan fingerprint density at radius 1 is 1.30 bits per heavy atom. The van der Waals surface area contributed by atoms with Gasteiger partial charge in [-0.25, -0.2) is 4.39 Å². The fourth-order valence-corrected chi connectivity index (χ4v) is 3.12. The third kappa shape index (κ3) is 2.81. The topological polar surface area (TPSA) is 38.5 Å². The van der Waals surface area contributed by atoms with E-state index in [1.54, 1.807) is 7.11 Å². The normalized spacial score (nSPS) is 26.6. The number of methoxy groups -OCH3 is 1. The van der Waals surface area contributed by atoms with Crippen LogP contribution in [0.5, 0.6) is 0 Å². The molecule has 0 aromatic heterocycles. The van der Waals surface area contributed by atoms with Crippen molar-refractivity contribution in [2.24, 2.45) is 17.6 Å². The number of alkyl halides is 1. The zero-order valence-corrected chi connectivity index (χ0v) is 11.3. The number of ether oxygens (including phenoxy) is 1. The molecular weight excluding hydrogens is 255 g/mol. The number of hydrogen-bond acceptors (Lipinski definition) is 3. The smallest absolute Gasteiger partial charge is 0.107 e. The summed E-state index contributed by atoms with van der Waals surface area (Å²) >= 11 is 0. The zero-order chi connectivity index (χ0) is 13.4. The van der Waals surface area contributed by atoms with Crippen LogP contribution >= 0.6 is 0 Å². The maximum atomic E-state index is 12.7. The van der Waals surface area contributed by atoms with Gasteiger partial charge >= 0.3 is 0 Å². The van der Waals surface area contributed by atoms with E-state index in [1.165, 1.54) is 25.2 Å². The Bertz CT molecular complexity index is 427. The van der Waals surface area contributed by atoms with Gasteiger partial charge in [0.15, 0.2) is 0 Å². The van der Waals surface area contributed by atoms with Crippen LogP contribution in [0.4, 0.5) is 10.1 Å². The predicted molar refractivity (Wildman–Crippen MR) is 80.7 cm³/mol. The Morgan fingerprint density at radius 3 is 2.40 bits per heavy atom. The molecule has 0 amide bonds. The summed E-state index contributed by atoms with van der Waals surface area (Å²) in [5.41, 5.74) is 7.93. The monoisotopic (exact) mass is 280 g/mol. The molecule has 4 unspecified atom stereocenters. The Balaban J connectivity index is 0.00000147. The first-order valence-corrected chi connectivity index (χ1v) is 6.92. The van der Waals surface area contributed by atoms with Crippen molar-refractivity contribution in [1.29, 1.82) is 0 Å². The molecule has 1 aromatic carbocycles. The molecule has 3 rings (SSSR count). The molecule has 112 valence electrons. The summed E-state index contributed by atoms with van der Waals surface area (Å²) in [4.78, 5) is 2.43. The van der Waals surface area contributed by atoms with E-state index in [0.717, 1.165) is 17.4 Å². The molecule has 4 atom stereocenters. The lowest BCUT2D eigenvalue weighted by Gasteiger charge is -2.23. The summed E-state index contributed by atoms with van der Waals surface area (Å²) in [6.45, 7) is 1.79.